The van der Waals surface area contributed by atoms with Gasteiger partial charge in [0.15, 0.2) is 5.13 Å². The maximum atomic E-state index is 12.9. The zero-order valence-corrected chi connectivity index (χ0v) is 18.8. The number of hydrogen-bond donors (Lipinski definition) is 0. The second-order valence-corrected chi connectivity index (χ2v) is 10.5. The van der Waals surface area contributed by atoms with Crippen molar-refractivity contribution in [2.75, 3.05) is 31.1 Å². The van der Waals surface area contributed by atoms with Gasteiger partial charge in [-0.3, -0.25) is 0 Å². The summed E-state index contributed by atoms with van der Waals surface area (Å²) in [5, 5.41) is 3.57. The molecule has 1 fully saturated rings. The molecule has 0 radical (unpaired) electrons. The molecule has 0 atom stereocenters. The third kappa shape index (κ3) is 4.29. The standard InChI is InChI=1S/C20H19Cl2N3O2S2/c1-14-4-2-3-5-18(14)19-13-28-20(23-19)24-6-8-25(9-7-24)29(26,27)17-11-15(21)10-16(22)12-17/h2-5,10-13H,6-9H2,1H3. The summed E-state index contributed by atoms with van der Waals surface area (Å²) in [4.78, 5) is 7.03. The van der Waals surface area contributed by atoms with Gasteiger partial charge in [-0.05, 0) is 30.7 Å². The number of anilines is 1. The van der Waals surface area contributed by atoms with E-state index >= 15 is 0 Å². The van der Waals surface area contributed by atoms with Crippen LogP contribution in [0.25, 0.3) is 11.3 Å². The molecule has 0 saturated carbocycles. The fraction of sp³-hybridized carbons (Fsp3) is 0.250. The molecule has 1 aliphatic rings. The molecule has 0 amide bonds. The Balaban J connectivity index is 1.48. The lowest BCUT2D eigenvalue weighted by Gasteiger charge is -2.33. The fourth-order valence-corrected chi connectivity index (χ4v) is 6.37. The van der Waals surface area contributed by atoms with Gasteiger partial charge in [0.2, 0.25) is 10.0 Å². The second-order valence-electron chi connectivity index (χ2n) is 6.83. The monoisotopic (exact) mass is 467 g/mol. The summed E-state index contributed by atoms with van der Waals surface area (Å²) in [6, 6.07) is 12.5. The van der Waals surface area contributed by atoms with Crippen molar-refractivity contribution in [3.05, 3.63) is 63.5 Å². The van der Waals surface area contributed by atoms with Gasteiger partial charge in [0.05, 0.1) is 10.6 Å². The van der Waals surface area contributed by atoms with Crippen LogP contribution in [0.2, 0.25) is 10.0 Å². The number of piperazine rings is 1. The number of halogens is 2. The van der Waals surface area contributed by atoms with E-state index in [-0.39, 0.29) is 4.90 Å². The van der Waals surface area contributed by atoms with Crippen molar-refractivity contribution in [1.29, 1.82) is 0 Å². The molecule has 1 aromatic heterocycles. The summed E-state index contributed by atoms with van der Waals surface area (Å²) >= 11 is 13.5. The number of benzene rings is 2. The van der Waals surface area contributed by atoms with Crippen molar-refractivity contribution in [3.8, 4) is 11.3 Å². The summed E-state index contributed by atoms with van der Waals surface area (Å²) in [6.07, 6.45) is 0. The molecule has 0 spiro atoms. The molecule has 29 heavy (non-hydrogen) atoms. The van der Waals surface area contributed by atoms with Crippen molar-refractivity contribution >= 4 is 49.7 Å². The predicted octanol–water partition coefficient (Wildman–Crippen LogP) is 4.94. The van der Waals surface area contributed by atoms with Crippen molar-refractivity contribution in [2.24, 2.45) is 0 Å². The van der Waals surface area contributed by atoms with Crippen LogP contribution in [0, 0.1) is 6.92 Å². The highest BCUT2D eigenvalue weighted by atomic mass is 35.5. The first-order valence-electron chi connectivity index (χ1n) is 9.07. The summed E-state index contributed by atoms with van der Waals surface area (Å²) < 4.78 is 27.4. The summed E-state index contributed by atoms with van der Waals surface area (Å²) in [5.74, 6) is 0. The molecule has 3 aromatic rings. The van der Waals surface area contributed by atoms with Crippen LogP contribution < -0.4 is 4.90 Å². The number of rotatable bonds is 4. The topological polar surface area (TPSA) is 53.5 Å². The van der Waals surface area contributed by atoms with E-state index < -0.39 is 10.0 Å². The summed E-state index contributed by atoms with van der Waals surface area (Å²) in [7, 11) is -3.64. The summed E-state index contributed by atoms with van der Waals surface area (Å²) in [6.45, 7) is 3.99. The lowest BCUT2D eigenvalue weighted by atomic mass is 10.1. The van der Waals surface area contributed by atoms with E-state index in [0.717, 1.165) is 16.4 Å². The van der Waals surface area contributed by atoms with Crippen LogP contribution in [0.4, 0.5) is 5.13 Å². The number of aromatic nitrogens is 1. The van der Waals surface area contributed by atoms with Crippen LogP contribution in [-0.2, 0) is 10.0 Å². The minimum atomic E-state index is -3.64. The number of nitrogens with zero attached hydrogens (tertiary/aromatic N) is 3. The lowest BCUT2D eigenvalue weighted by molar-refractivity contribution is 0.385. The van der Waals surface area contributed by atoms with Crippen molar-refractivity contribution in [3.63, 3.8) is 0 Å². The number of hydrogen-bond acceptors (Lipinski definition) is 5. The molecule has 2 heterocycles. The van der Waals surface area contributed by atoms with Crippen LogP contribution in [0.1, 0.15) is 5.56 Å². The van der Waals surface area contributed by atoms with Crippen LogP contribution in [-0.4, -0.2) is 43.9 Å². The van der Waals surface area contributed by atoms with Crippen LogP contribution >= 0.6 is 34.5 Å². The SMILES string of the molecule is Cc1ccccc1-c1csc(N2CCN(S(=O)(=O)c3cc(Cl)cc(Cl)c3)CC2)n1. The van der Waals surface area contributed by atoms with Gasteiger partial charge in [-0.25, -0.2) is 13.4 Å². The molecule has 0 unspecified atom stereocenters. The largest absolute Gasteiger partial charge is 0.345 e. The van der Waals surface area contributed by atoms with E-state index in [9.17, 15) is 8.42 Å². The molecule has 5 nitrogen and oxygen atoms in total. The Morgan fingerprint density at radius 2 is 1.66 bits per heavy atom. The summed E-state index contributed by atoms with van der Waals surface area (Å²) in [5.41, 5.74) is 3.25. The maximum Gasteiger partial charge on any atom is 0.243 e. The van der Waals surface area contributed by atoms with E-state index in [1.165, 1.54) is 28.1 Å². The molecule has 0 N–H and O–H groups in total. The Bertz CT molecular complexity index is 1120. The minimum absolute atomic E-state index is 0.125. The van der Waals surface area contributed by atoms with Gasteiger partial charge >= 0.3 is 0 Å². The van der Waals surface area contributed by atoms with Crippen molar-refractivity contribution < 1.29 is 8.42 Å². The quantitative estimate of drug-likeness (QED) is 0.545. The van der Waals surface area contributed by atoms with Crippen molar-refractivity contribution in [2.45, 2.75) is 11.8 Å². The molecule has 9 heteroatoms. The van der Waals surface area contributed by atoms with Gasteiger partial charge in [-0.15, -0.1) is 11.3 Å². The van der Waals surface area contributed by atoms with E-state index in [1.807, 2.05) is 12.1 Å². The van der Waals surface area contributed by atoms with Gasteiger partial charge < -0.3 is 4.90 Å². The predicted molar refractivity (Wildman–Crippen MR) is 120 cm³/mol. The molecule has 0 aliphatic carbocycles. The molecule has 1 saturated heterocycles. The molecule has 2 aromatic carbocycles. The zero-order chi connectivity index (χ0) is 20.6. The molecule has 1 aliphatic heterocycles. The number of aryl methyl sites for hydroxylation is 1. The zero-order valence-electron chi connectivity index (χ0n) is 15.7. The Morgan fingerprint density at radius 3 is 2.31 bits per heavy atom. The Labute approximate surface area is 184 Å². The average Bonchev–Trinajstić information content (AvgIpc) is 3.17. The molecule has 4 rings (SSSR count). The smallest absolute Gasteiger partial charge is 0.243 e. The molecule has 0 bridgehead atoms. The first-order valence-corrected chi connectivity index (χ1v) is 12.1. The first-order chi connectivity index (χ1) is 13.8. The van der Waals surface area contributed by atoms with Gasteiger partial charge in [0.25, 0.3) is 0 Å². The van der Waals surface area contributed by atoms with E-state index in [1.54, 1.807) is 11.3 Å². The minimum Gasteiger partial charge on any atom is -0.345 e. The van der Waals surface area contributed by atoms with Crippen molar-refractivity contribution in [1.82, 2.24) is 9.29 Å². The van der Waals surface area contributed by atoms with E-state index in [0.29, 0.717) is 36.2 Å². The Kier molecular flexibility index (Phi) is 5.86. The van der Waals surface area contributed by atoms with Crippen LogP contribution in [0.15, 0.2) is 52.7 Å². The normalized spacial score (nSPS) is 15.6. The van der Waals surface area contributed by atoms with Crippen LogP contribution in [0.5, 0.6) is 0 Å². The molecular weight excluding hydrogens is 449 g/mol. The maximum absolute atomic E-state index is 12.9. The molecule has 152 valence electrons. The Hall–Kier alpha value is -1.64. The second kappa shape index (κ2) is 8.24. The fourth-order valence-electron chi connectivity index (χ4n) is 3.34. The third-order valence-corrected chi connectivity index (χ3v) is 8.11. The van der Waals surface area contributed by atoms with Gasteiger partial charge in [-0.1, -0.05) is 47.5 Å². The van der Waals surface area contributed by atoms with Gasteiger partial charge in [0, 0.05) is 47.2 Å². The highest BCUT2D eigenvalue weighted by Gasteiger charge is 2.30. The first kappa shape index (κ1) is 20.6. The highest BCUT2D eigenvalue weighted by Crippen LogP contribution is 2.31. The highest BCUT2D eigenvalue weighted by molar-refractivity contribution is 7.89. The average molecular weight is 468 g/mol. The van der Waals surface area contributed by atoms with Gasteiger partial charge in [0.1, 0.15) is 0 Å². The number of sulfonamides is 1. The third-order valence-electron chi connectivity index (χ3n) is 4.90. The number of thiazole rings is 1. The van der Waals surface area contributed by atoms with Crippen LogP contribution in [0.3, 0.4) is 0 Å². The van der Waals surface area contributed by atoms with E-state index in [2.05, 4.69) is 29.3 Å². The van der Waals surface area contributed by atoms with E-state index in [4.69, 9.17) is 28.2 Å². The van der Waals surface area contributed by atoms with Gasteiger partial charge in [-0.2, -0.15) is 4.31 Å². The molecular formula is C20H19Cl2N3O2S2. The Morgan fingerprint density at radius 1 is 1.00 bits per heavy atom. The lowest BCUT2D eigenvalue weighted by Crippen LogP contribution is -2.48.